The average Bonchev–Trinajstić information content (AvgIpc) is 3.01. The maximum absolute atomic E-state index is 5.70. The third kappa shape index (κ3) is 3.03. The topological polar surface area (TPSA) is 28.9 Å². The van der Waals surface area contributed by atoms with Gasteiger partial charge in [-0.2, -0.15) is 0 Å². The van der Waals surface area contributed by atoms with Crippen LogP contribution >= 0.6 is 0 Å². The Bertz CT molecular complexity index is 463. The SMILES string of the molecule is COC[C@@H]1CCC2(CCN(Cc3ccc(C)o3)CC2)N1C. The van der Waals surface area contributed by atoms with Crippen LogP contribution in [0.3, 0.4) is 0 Å². The van der Waals surface area contributed by atoms with Crippen LogP contribution in [0.2, 0.25) is 0 Å². The van der Waals surface area contributed by atoms with Crippen LogP contribution in [0.5, 0.6) is 0 Å². The van der Waals surface area contributed by atoms with E-state index < -0.39 is 0 Å². The molecule has 2 fully saturated rings. The smallest absolute Gasteiger partial charge is 0.118 e. The molecule has 0 saturated carbocycles. The highest BCUT2D eigenvalue weighted by atomic mass is 16.5. The van der Waals surface area contributed by atoms with Crippen LogP contribution in [-0.4, -0.2) is 55.2 Å². The lowest BCUT2D eigenvalue weighted by Gasteiger charge is -2.44. The van der Waals surface area contributed by atoms with Crippen molar-refractivity contribution in [2.24, 2.45) is 0 Å². The second-order valence-electron chi connectivity index (χ2n) is 6.77. The molecule has 1 aromatic rings. The minimum atomic E-state index is 0.415. The normalized spacial score (nSPS) is 26.7. The highest BCUT2D eigenvalue weighted by Gasteiger charge is 2.45. The maximum atomic E-state index is 5.70. The Labute approximate surface area is 128 Å². The van der Waals surface area contributed by atoms with E-state index >= 15 is 0 Å². The Hall–Kier alpha value is -0.840. The van der Waals surface area contributed by atoms with Crippen molar-refractivity contribution in [3.63, 3.8) is 0 Å². The Morgan fingerprint density at radius 3 is 2.67 bits per heavy atom. The number of piperidine rings is 1. The highest BCUT2D eigenvalue weighted by Crippen LogP contribution is 2.40. The number of ether oxygens (including phenoxy) is 1. The largest absolute Gasteiger partial charge is 0.465 e. The summed E-state index contributed by atoms with van der Waals surface area (Å²) in [6, 6.07) is 4.77. The Morgan fingerprint density at radius 1 is 1.29 bits per heavy atom. The zero-order valence-electron chi connectivity index (χ0n) is 13.6. The van der Waals surface area contributed by atoms with Crippen molar-refractivity contribution in [2.45, 2.75) is 50.7 Å². The predicted molar refractivity (Wildman–Crippen MR) is 83.3 cm³/mol. The minimum Gasteiger partial charge on any atom is -0.465 e. The molecule has 1 atom stereocenters. The van der Waals surface area contributed by atoms with E-state index in [9.17, 15) is 0 Å². The number of likely N-dealkylation sites (tertiary alicyclic amines) is 2. The lowest BCUT2D eigenvalue weighted by molar-refractivity contribution is 0.0266. The monoisotopic (exact) mass is 292 g/mol. The van der Waals surface area contributed by atoms with E-state index in [4.69, 9.17) is 9.15 Å². The van der Waals surface area contributed by atoms with Gasteiger partial charge in [0.2, 0.25) is 0 Å². The van der Waals surface area contributed by atoms with Gasteiger partial charge in [0.15, 0.2) is 0 Å². The van der Waals surface area contributed by atoms with E-state index in [0.717, 1.165) is 24.7 Å². The second-order valence-corrected chi connectivity index (χ2v) is 6.77. The summed E-state index contributed by atoms with van der Waals surface area (Å²) in [5.41, 5.74) is 0.415. The molecule has 0 N–H and O–H groups in total. The van der Waals surface area contributed by atoms with Gasteiger partial charge >= 0.3 is 0 Å². The van der Waals surface area contributed by atoms with Gasteiger partial charge < -0.3 is 9.15 Å². The molecule has 2 aliphatic rings. The van der Waals surface area contributed by atoms with Crippen molar-refractivity contribution in [3.05, 3.63) is 23.7 Å². The summed E-state index contributed by atoms with van der Waals surface area (Å²) in [4.78, 5) is 5.13. The molecule has 0 aliphatic carbocycles. The molecule has 4 heteroatoms. The van der Waals surface area contributed by atoms with Gasteiger partial charge in [0, 0.05) is 31.8 Å². The number of likely N-dealkylation sites (N-methyl/N-ethyl adjacent to an activating group) is 1. The number of rotatable bonds is 4. The van der Waals surface area contributed by atoms with Crippen molar-refractivity contribution < 1.29 is 9.15 Å². The molecule has 2 aliphatic heterocycles. The van der Waals surface area contributed by atoms with Crippen molar-refractivity contribution in [1.82, 2.24) is 9.80 Å². The summed E-state index contributed by atoms with van der Waals surface area (Å²) in [6.45, 7) is 6.18. The molecule has 118 valence electrons. The quantitative estimate of drug-likeness (QED) is 0.853. The Kier molecular flexibility index (Phi) is 4.38. The number of hydrogen-bond donors (Lipinski definition) is 0. The van der Waals surface area contributed by atoms with Crippen LogP contribution in [0.4, 0.5) is 0 Å². The molecule has 3 heterocycles. The molecule has 0 radical (unpaired) electrons. The molecule has 2 saturated heterocycles. The number of furan rings is 1. The molecule has 1 spiro atoms. The maximum Gasteiger partial charge on any atom is 0.118 e. The summed E-state index contributed by atoms with van der Waals surface area (Å²) in [5, 5.41) is 0. The summed E-state index contributed by atoms with van der Waals surface area (Å²) in [5.74, 6) is 2.11. The Balaban J connectivity index is 1.55. The van der Waals surface area contributed by atoms with Gasteiger partial charge in [0.25, 0.3) is 0 Å². The van der Waals surface area contributed by atoms with Gasteiger partial charge in [-0.25, -0.2) is 0 Å². The lowest BCUT2D eigenvalue weighted by atomic mass is 9.85. The van der Waals surface area contributed by atoms with E-state index in [1.54, 1.807) is 0 Å². The molecular weight excluding hydrogens is 264 g/mol. The highest BCUT2D eigenvalue weighted by molar-refractivity contribution is 5.07. The molecule has 3 rings (SSSR count). The summed E-state index contributed by atoms with van der Waals surface area (Å²) >= 11 is 0. The van der Waals surface area contributed by atoms with Crippen LogP contribution in [0, 0.1) is 6.92 Å². The summed E-state index contributed by atoms with van der Waals surface area (Å²) in [7, 11) is 4.11. The van der Waals surface area contributed by atoms with Gasteiger partial charge in [0.1, 0.15) is 11.5 Å². The number of hydrogen-bond acceptors (Lipinski definition) is 4. The minimum absolute atomic E-state index is 0.415. The van der Waals surface area contributed by atoms with Gasteiger partial charge in [0.05, 0.1) is 13.2 Å². The molecule has 1 aromatic heterocycles. The molecule has 0 aromatic carbocycles. The number of nitrogens with zero attached hydrogens (tertiary/aromatic N) is 2. The standard InChI is InChI=1S/C17H28N2O2/c1-14-4-5-16(21-14)12-19-10-8-17(9-11-19)7-6-15(13-20-3)18(17)2/h4-5,15H,6-13H2,1-3H3/t15-/m0/s1. The van der Waals surface area contributed by atoms with Gasteiger partial charge in [-0.15, -0.1) is 0 Å². The van der Waals surface area contributed by atoms with E-state index in [2.05, 4.69) is 29.0 Å². The fourth-order valence-corrected chi connectivity index (χ4v) is 4.10. The van der Waals surface area contributed by atoms with Crippen LogP contribution < -0.4 is 0 Å². The first-order chi connectivity index (χ1) is 10.1. The summed E-state index contributed by atoms with van der Waals surface area (Å²) in [6.07, 6.45) is 5.14. The van der Waals surface area contributed by atoms with Crippen LogP contribution in [0.15, 0.2) is 16.5 Å². The fraction of sp³-hybridized carbons (Fsp3) is 0.765. The molecule has 0 bridgehead atoms. The first-order valence-electron chi connectivity index (χ1n) is 8.12. The predicted octanol–water partition coefficient (Wildman–Crippen LogP) is 2.66. The van der Waals surface area contributed by atoms with Crippen molar-refractivity contribution in [3.8, 4) is 0 Å². The third-order valence-electron chi connectivity index (χ3n) is 5.56. The first-order valence-corrected chi connectivity index (χ1v) is 8.12. The zero-order chi connectivity index (χ0) is 14.9. The fourth-order valence-electron chi connectivity index (χ4n) is 4.10. The van der Waals surface area contributed by atoms with E-state index in [1.807, 2.05) is 14.0 Å². The van der Waals surface area contributed by atoms with Crippen LogP contribution in [-0.2, 0) is 11.3 Å². The van der Waals surface area contributed by atoms with Gasteiger partial charge in [-0.1, -0.05) is 0 Å². The van der Waals surface area contributed by atoms with Crippen LogP contribution in [0.1, 0.15) is 37.2 Å². The van der Waals surface area contributed by atoms with Crippen molar-refractivity contribution in [1.29, 1.82) is 0 Å². The van der Waals surface area contributed by atoms with Gasteiger partial charge in [-0.3, -0.25) is 9.80 Å². The summed E-state index contributed by atoms with van der Waals surface area (Å²) < 4.78 is 11.1. The average molecular weight is 292 g/mol. The number of methoxy groups -OCH3 is 1. The van der Waals surface area contributed by atoms with Crippen molar-refractivity contribution >= 4 is 0 Å². The first kappa shape index (κ1) is 15.1. The third-order valence-corrected chi connectivity index (χ3v) is 5.56. The van der Waals surface area contributed by atoms with E-state index in [1.165, 1.54) is 38.8 Å². The number of aryl methyl sites for hydroxylation is 1. The second kappa shape index (κ2) is 6.11. The zero-order valence-corrected chi connectivity index (χ0v) is 13.6. The Morgan fingerprint density at radius 2 is 2.05 bits per heavy atom. The molecule has 0 amide bonds. The van der Waals surface area contributed by atoms with Crippen LogP contribution in [0.25, 0.3) is 0 Å². The van der Waals surface area contributed by atoms with Crippen molar-refractivity contribution in [2.75, 3.05) is 33.9 Å². The molecule has 21 heavy (non-hydrogen) atoms. The molecular formula is C17H28N2O2. The van der Waals surface area contributed by atoms with E-state index in [-0.39, 0.29) is 0 Å². The van der Waals surface area contributed by atoms with E-state index in [0.29, 0.717) is 11.6 Å². The molecule has 4 nitrogen and oxygen atoms in total. The van der Waals surface area contributed by atoms with Gasteiger partial charge in [-0.05, 0) is 51.8 Å². The lowest BCUT2D eigenvalue weighted by Crippen LogP contribution is -2.52. The molecule has 0 unspecified atom stereocenters.